The molecular formula is C16H16Br2N6O2. The summed E-state index contributed by atoms with van der Waals surface area (Å²) >= 11 is 6.65. The molecule has 0 atom stereocenters. The number of hydrogen-bond donors (Lipinski definition) is 2. The van der Waals surface area contributed by atoms with Crippen LogP contribution in [0.2, 0.25) is 0 Å². The van der Waals surface area contributed by atoms with Crippen LogP contribution in [0.1, 0.15) is 27.5 Å². The maximum Gasteiger partial charge on any atom is 0.283 e. The van der Waals surface area contributed by atoms with E-state index in [0.29, 0.717) is 23.2 Å². The number of hydrogen-bond acceptors (Lipinski definition) is 7. The summed E-state index contributed by atoms with van der Waals surface area (Å²) in [6.07, 6.45) is 3.30. The van der Waals surface area contributed by atoms with E-state index in [1.54, 1.807) is 25.4 Å². The second-order valence-electron chi connectivity index (χ2n) is 5.24. The molecule has 0 radical (unpaired) electrons. The van der Waals surface area contributed by atoms with Gasteiger partial charge in [0.1, 0.15) is 11.4 Å². The second kappa shape index (κ2) is 8.97. The standard InChI is InChI=1S/C9H8BrN3O.C7H8BrN3O/c1-5-3-8(11-4-7(5)10)9-13-12-6(2)14-9;1-4-2-6(7(12)11-9)10-3-5(4)8/h3-4H,1-2H3;2-3H,9H2,1H3,(H,11,12). The van der Waals surface area contributed by atoms with Gasteiger partial charge < -0.3 is 4.42 Å². The molecule has 0 saturated carbocycles. The molecular weight excluding hydrogens is 468 g/mol. The van der Waals surface area contributed by atoms with Crippen molar-refractivity contribution in [1.82, 2.24) is 25.6 Å². The number of rotatable bonds is 2. The molecule has 0 aliphatic heterocycles. The van der Waals surface area contributed by atoms with Crippen LogP contribution in [0.25, 0.3) is 11.6 Å². The average Bonchev–Trinajstić information content (AvgIpc) is 3.06. The highest BCUT2D eigenvalue weighted by molar-refractivity contribution is 9.10. The lowest BCUT2D eigenvalue weighted by Gasteiger charge is -2.00. The summed E-state index contributed by atoms with van der Waals surface area (Å²) in [5.74, 6) is 5.56. The molecule has 0 aliphatic carbocycles. The maximum absolute atomic E-state index is 11.0. The van der Waals surface area contributed by atoms with Crippen LogP contribution < -0.4 is 11.3 Å². The molecule has 3 aromatic rings. The molecule has 136 valence electrons. The summed E-state index contributed by atoms with van der Waals surface area (Å²) in [6, 6.07) is 3.56. The Morgan fingerprint density at radius 3 is 2.15 bits per heavy atom. The Morgan fingerprint density at radius 1 is 1.04 bits per heavy atom. The third kappa shape index (κ3) is 5.16. The van der Waals surface area contributed by atoms with Crippen molar-refractivity contribution in [3.63, 3.8) is 0 Å². The quantitative estimate of drug-likeness (QED) is 0.326. The minimum atomic E-state index is -0.384. The smallest absolute Gasteiger partial charge is 0.283 e. The van der Waals surface area contributed by atoms with Crippen LogP contribution in [0.4, 0.5) is 0 Å². The van der Waals surface area contributed by atoms with E-state index >= 15 is 0 Å². The summed E-state index contributed by atoms with van der Waals surface area (Å²) in [7, 11) is 0. The summed E-state index contributed by atoms with van der Waals surface area (Å²) in [5.41, 5.74) is 5.07. The number of nitrogens with one attached hydrogen (secondary N) is 1. The van der Waals surface area contributed by atoms with E-state index in [4.69, 9.17) is 10.3 Å². The molecule has 3 N–H and O–H groups in total. The molecule has 0 aliphatic rings. The lowest BCUT2D eigenvalue weighted by atomic mass is 10.2. The summed E-state index contributed by atoms with van der Waals surface area (Å²) in [6.45, 7) is 5.61. The lowest BCUT2D eigenvalue weighted by Crippen LogP contribution is -2.30. The number of nitrogens with zero attached hydrogens (tertiary/aromatic N) is 4. The number of amides is 1. The fraction of sp³-hybridized carbons (Fsp3) is 0.188. The zero-order chi connectivity index (χ0) is 19.3. The predicted octanol–water partition coefficient (Wildman–Crippen LogP) is 3.27. The van der Waals surface area contributed by atoms with Gasteiger partial charge >= 0.3 is 0 Å². The zero-order valence-electron chi connectivity index (χ0n) is 14.2. The van der Waals surface area contributed by atoms with Crippen LogP contribution in [-0.4, -0.2) is 26.1 Å². The van der Waals surface area contributed by atoms with Crippen LogP contribution >= 0.6 is 31.9 Å². The van der Waals surface area contributed by atoms with Gasteiger partial charge in [-0.15, -0.1) is 10.2 Å². The summed E-state index contributed by atoms with van der Waals surface area (Å²) in [5, 5.41) is 7.64. The first-order chi connectivity index (χ1) is 12.3. The third-order valence-corrected chi connectivity index (χ3v) is 4.86. The van der Waals surface area contributed by atoms with Gasteiger partial charge in [-0.25, -0.2) is 15.8 Å². The van der Waals surface area contributed by atoms with Crippen molar-refractivity contribution >= 4 is 37.8 Å². The number of carbonyl (C=O) groups is 1. The largest absolute Gasteiger partial charge is 0.420 e. The Bertz CT molecular complexity index is 929. The van der Waals surface area contributed by atoms with Gasteiger partial charge in [0.2, 0.25) is 5.89 Å². The van der Waals surface area contributed by atoms with Gasteiger partial charge in [-0.1, -0.05) is 0 Å². The fourth-order valence-electron chi connectivity index (χ4n) is 1.79. The Morgan fingerprint density at radius 2 is 1.65 bits per heavy atom. The van der Waals surface area contributed by atoms with Gasteiger partial charge in [-0.2, -0.15) is 0 Å². The minimum absolute atomic E-state index is 0.318. The SMILES string of the molecule is Cc1cc(C(=O)NN)ncc1Br.Cc1nnc(-c2cc(C)c(Br)cn2)o1. The van der Waals surface area contributed by atoms with Gasteiger partial charge in [0.05, 0.1) is 0 Å². The molecule has 0 saturated heterocycles. The highest BCUT2D eigenvalue weighted by atomic mass is 79.9. The normalized spacial score (nSPS) is 10.1. The molecule has 0 aromatic carbocycles. The molecule has 26 heavy (non-hydrogen) atoms. The number of halogens is 2. The number of aromatic nitrogens is 4. The van der Waals surface area contributed by atoms with Crippen LogP contribution in [0.5, 0.6) is 0 Å². The summed E-state index contributed by atoms with van der Waals surface area (Å²) < 4.78 is 7.11. The Kier molecular flexibility index (Phi) is 6.95. The Labute approximate surface area is 166 Å². The second-order valence-corrected chi connectivity index (χ2v) is 6.95. The molecule has 3 rings (SSSR count). The summed E-state index contributed by atoms with van der Waals surface area (Å²) in [4.78, 5) is 19.0. The topological polar surface area (TPSA) is 120 Å². The van der Waals surface area contributed by atoms with Gasteiger partial charge in [0.15, 0.2) is 0 Å². The van der Waals surface area contributed by atoms with Crippen LogP contribution in [0.15, 0.2) is 37.9 Å². The van der Waals surface area contributed by atoms with Gasteiger partial charge in [0.25, 0.3) is 11.8 Å². The number of hydrazine groups is 1. The van der Waals surface area contributed by atoms with E-state index in [-0.39, 0.29) is 5.91 Å². The van der Waals surface area contributed by atoms with Crippen molar-refractivity contribution in [1.29, 1.82) is 0 Å². The third-order valence-electron chi connectivity index (χ3n) is 3.20. The molecule has 0 fully saturated rings. The first kappa shape index (κ1) is 20.1. The Hall–Kier alpha value is -2.17. The Balaban J connectivity index is 0.000000190. The fourth-order valence-corrected chi connectivity index (χ4v) is 2.23. The molecule has 0 bridgehead atoms. The lowest BCUT2D eigenvalue weighted by molar-refractivity contribution is 0.0948. The van der Waals surface area contributed by atoms with Crippen molar-refractivity contribution in [2.24, 2.45) is 5.84 Å². The van der Waals surface area contributed by atoms with Gasteiger partial charge in [0, 0.05) is 28.3 Å². The molecule has 0 unspecified atom stereocenters. The van der Waals surface area contributed by atoms with Crippen molar-refractivity contribution in [2.45, 2.75) is 20.8 Å². The van der Waals surface area contributed by atoms with E-state index in [1.165, 1.54) is 0 Å². The van der Waals surface area contributed by atoms with Crippen molar-refractivity contribution in [3.05, 3.63) is 56.2 Å². The number of carbonyl (C=O) groups excluding carboxylic acids is 1. The number of pyridine rings is 2. The van der Waals surface area contributed by atoms with Crippen molar-refractivity contribution in [2.75, 3.05) is 0 Å². The molecule has 0 spiro atoms. The molecule has 10 heteroatoms. The van der Waals surface area contributed by atoms with Crippen molar-refractivity contribution in [3.8, 4) is 11.6 Å². The average molecular weight is 484 g/mol. The molecule has 8 nitrogen and oxygen atoms in total. The van der Waals surface area contributed by atoms with E-state index in [1.807, 2.05) is 25.3 Å². The predicted molar refractivity (Wildman–Crippen MR) is 103 cm³/mol. The van der Waals surface area contributed by atoms with Gasteiger partial charge in [-0.05, 0) is 69.0 Å². The van der Waals surface area contributed by atoms with E-state index in [9.17, 15) is 4.79 Å². The van der Waals surface area contributed by atoms with Crippen LogP contribution in [0.3, 0.4) is 0 Å². The molecule has 1 amide bonds. The number of nitrogen functional groups attached to an aromatic ring is 1. The minimum Gasteiger partial charge on any atom is -0.420 e. The molecule has 3 aromatic heterocycles. The van der Waals surface area contributed by atoms with E-state index < -0.39 is 0 Å². The molecule has 3 heterocycles. The first-order valence-electron chi connectivity index (χ1n) is 7.37. The highest BCUT2D eigenvalue weighted by Crippen LogP contribution is 2.21. The number of nitrogens with two attached hydrogens (primary N) is 1. The first-order valence-corrected chi connectivity index (χ1v) is 8.96. The zero-order valence-corrected chi connectivity index (χ0v) is 17.4. The monoisotopic (exact) mass is 482 g/mol. The van der Waals surface area contributed by atoms with Crippen molar-refractivity contribution < 1.29 is 9.21 Å². The van der Waals surface area contributed by atoms with Gasteiger partial charge in [-0.3, -0.25) is 10.2 Å². The number of aryl methyl sites for hydroxylation is 3. The van der Waals surface area contributed by atoms with Crippen LogP contribution in [0, 0.1) is 20.8 Å². The van der Waals surface area contributed by atoms with E-state index in [2.05, 4.69) is 52.0 Å². The van der Waals surface area contributed by atoms with E-state index in [0.717, 1.165) is 20.1 Å². The highest BCUT2D eigenvalue weighted by Gasteiger charge is 2.08. The van der Waals surface area contributed by atoms with Crippen LogP contribution in [-0.2, 0) is 0 Å². The maximum atomic E-state index is 11.0.